The molecule has 2 aromatic heterocycles. The van der Waals surface area contributed by atoms with Crippen LogP contribution in [-0.4, -0.2) is 38.4 Å². The van der Waals surface area contributed by atoms with Crippen LogP contribution in [0.15, 0.2) is 18.3 Å². The van der Waals surface area contributed by atoms with Gasteiger partial charge < -0.3 is 15.4 Å². The third-order valence-corrected chi connectivity index (χ3v) is 4.77. The van der Waals surface area contributed by atoms with Crippen LogP contribution in [0.5, 0.6) is 0 Å². The van der Waals surface area contributed by atoms with Gasteiger partial charge in [0.15, 0.2) is 5.65 Å². The van der Waals surface area contributed by atoms with Crippen molar-refractivity contribution in [3.05, 3.63) is 24.0 Å². The molecule has 1 aliphatic rings. The molecule has 0 atom stereocenters. The van der Waals surface area contributed by atoms with Crippen LogP contribution in [0.2, 0.25) is 0 Å². The van der Waals surface area contributed by atoms with Crippen molar-refractivity contribution >= 4 is 17.6 Å². The van der Waals surface area contributed by atoms with Crippen LogP contribution in [0.4, 0.5) is 10.6 Å². The lowest BCUT2D eigenvalue weighted by Gasteiger charge is -2.31. The van der Waals surface area contributed by atoms with Gasteiger partial charge in [-0.25, -0.2) is 9.78 Å². The minimum atomic E-state index is -0.465. The van der Waals surface area contributed by atoms with Gasteiger partial charge in [0.2, 0.25) is 0 Å². The van der Waals surface area contributed by atoms with Crippen molar-refractivity contribution in [2.75, 3.05) is 5.32 Å². The molecule has 1 fully saturated rings. The summed E-state index contributed by atoms with van der Waals surface area (Å²) in [7, 11) is 0. The third kappa shape index (κ3) is 5.11. The van der Waals surface area contributed by atoms with Gasteiger partial charge in [-0.05, 0) is 52.4 Å². The summed E-state index contributed by atoms with van der Waals surface area (Å²) in [4.78, 5) is 16.6. The topological polar surface area (TPSA) is 80.5 Å². The molecule has 3 rings (SSSR count). The Balaban J connectivity index is 1.59. The van der Waals surface area contributed by atoms with E-state index in [4.69, 9.17) is 4.74 Å². The number of ether oxygens (including phenoxy) is 1. The highest BCUT2D eigenvalue weighted by molar-refractivity contribution is 5.68. The lowest BCUT2D eigenvalue weighted by atomic mass is 9.91. The highest BCUT2D eigenvalue weighted by Gasteiger charge is 2.25. The van der Waals surface area contributed by atoms with Crippen molar-refractivity contribution in [1.29, 1.82) is 0 Å². The number of anilines is 1. The molecule has 0 saturated heterocycles. The number of aromatic nitrogens is 3. The normalized spacial score (nSPS) is 20.7. The molecule has 148 valence electrons. The molecule has 0 spiro atoms. The molecule has 27 heavy (non-hydrogen) atoms. The van der Waals surface area contributed by atoms with Gasteiger partial charge >= 0.3 is 6.09 Å². The summed E-state index contributed by atoms with van der Waals surface area (Å²) >= 11 is 0. The molecule has 1 amide bonds. The van der Waals surface area contributed by atoms with Gasteiger partial charge in [-0.15, -0.1) is 0 Å². The maximum atomic E-state index is 12.0. The highest BCUT2D eigenvalue weighted by atomic mass is 16.6. The number of alkyl carbamates (subject to hydrolysis) is 1. The molecule has 2 aromatic rings. The molecule has 2 heterocycles. The molecular weight excluding hydrogens is 342 g/mol. The summed E-state index contributed by atoms with van der Waals surface area (Å²) in [6, 6.07) is 4.55. The fourth-order valence-corrected chi connectivity index (χ4v) is 3.40. The minimum Gasteiger partial charge on any atom is -0.444 e. The maximum Gasteiger partial charge on any atom is 0.407 e. The lowest BCUT2D eigenvalue weighted by Crippen LogP contribution is -2.42. The molecule has 0 bridgehead atoms. The van der Waals surface area contributed by atoms with Crippen LogP contribution in [0.3, 0.4) is 0 Å². The van der Waals surface area contributed by atoms with E-state index in [1.165, 1.54) is 0 Å². The number of hydrogen-bond donors (Lipinski definition) is 2. The number of carbonyl (C=O) groups excluding carboxylic acids is 1. The predicted octanol–water partition coefficient (Wildman–Crippen LogP) is 4.10. The molecule has 2 N–H and O–H groups in total. The Hall–Kier alpha value is -2.31. The van der Waals surface area contributed by atoms with E-state index < -0.39 is 5.60 Å². The summed E-state index contributed by atoms with van der Waals surface area (Å²) in [5, 5.41) is 11.0. The number of carbonyl (C=O) groups is 1. The van der Waals surface area contributed by atoms with Crippen LogP contribution >= 0.6 is 0 Å². The number of amides is 1. The zero-order valence-corrected chi connectivity index (χ0v) is 17.0. The number of fused-ring (bicyclic) bond motifs is 1. The highest BCUT2D eigenvalue weighted by Crippen LogP contribution is 2.25. The summed E-state index contributed by atoms with van der Waals surface area (Å²) in [6.07, 6.45) is 5.29. The van der Waals surface area contributed by atoms with Crippen molar-refractivity contribution < 1.29 is 9.53 Å². The molecule has 0 aliphatic heterocycles. The fourth-order valence-electron chi connectivity index (χ4n) is 3.40. The fraction of sp³-hybridized carbons (Fsp3) is 0.650. The molecule has 1 aliphatic carbocycles. The van der Waals surface area contributed by atoms with E-state index in [1.807, 2.05) is 31.4 Å². The number of rotatable bonds is 4. The van der Waals surface area contributed by atoms with Gasteiger partial charge in [0.25, 0.3) is 0 Å². The van der Waals surface area contributed by atoms with Gasteiger partial charge in [0, 0.05) is 29.9 Å². The average Bonchev–Trinajstić information content (AvgIpc) is 3.03. The quantitative estimate of drug-likeness (QED) is 0.843. The van der Waals surface area contributed by atoms with Crippen molar-refractivity contribution in [3.8, 4) is 0 Å². The zero-order valence-electron chi connectivity index (χ0n) is 17.0. The van der Waals surface area contributed by atoms with Crippen LogP contribution in [0, 0.1) is 0 Å². The SMILES string of the molecule is CC(C)c1cc(N[C@H]2CC[C@H](NC(=O)OC(C)(C)C)CC2)n2nccc2n1. The van der Waals surface area contributed by atoms with E-state index in [2.05, 4.69) is 40.6 Å². The Bertz CT molecular complexity index is 785. The first-order valence-electron chi connectivity index (χ1n) is 9.82. The third-order valence-electron chi connectivity index (χ3n) is 4.77. The van der Waals surface area contributed by atoms with Crippen molar-refractivity contribution in [3.63, 3.8) is 0 Å². The smallest absolute Gasteiger partial charge is 0.407 e. The first kappa shape index (κ1) is 19.5. The lowest BCUT2D eigenvalue weighted by molar-refractivity contribution is 0.0492. The Morgan fingerprint density at radius 3 is 2.52 bits per heavy atom. The van der Waals surface area contributed by atoms with Crippen LogP contribution < -0.4 is 10.6 Å². The number of nitrogens with zero attached hydrogens (tertiary/aromatic N) is 3. The summed E-state index contributed by atoms with van der Waals surface area (Å²) in [6.45, 7) is 9.93. The van der Waals surface area contributed by atoms with E-state index in [1.54, 1.807) is 6.20 Å². The van der Waals surface area contributed by atoms with E-state index in [0.717, 1.165) is 42.8 Å². The van der Waals surface area contributed by atoms with Gasteiger partial charge in [-0.3, -0.25) is 0 Å². The molecule has 7 nitrogen and oxygen atoms in total. The average molecular weight is 374 g/mol. The largest absolute Gasteiger partial charge is 0.444 e. The van der Waals surface area contributed by atoms with Gasteiger partial charge in [-0.1, -0.05) is 13.8 Å². The Morgan fingerprint density at radius 2 is 1.89 bits per heavy atom. The molecule has 1 saturated carbocycles. The van der Waals surface area contributed by atoms with Gasteiger partial charge in [0.1, 0.15) is 11.4 Å². The monoisotopic (exact) mass is 373 g/mol. The second kappa shape index (κ2) is 7.74. The number of nitrogens with one attached hydrogen (secondary N) is 2. The van der Waals surface area contributed by atoms with Crippen molar-refractivity contribution in [2.45, 2.75) is 83.9 Å². The van der Waals surface area contributed by atoms with E-state index >= 15 is 0 Å². The van der Waals surface area contributed by atoms with Crippen LogP contribution in [0.25, 0.3) is 5.65 Å². The number of hydrogen-bond acceptors (Lipinski definition) is 5. The van der Waals surface area contributed by atoms with E-state index in [-0.39, 0.29) is 12.1 Å². The standard InChI is InChI=1S/C20H31N5O2/c1-13(2)16-12-18(25-17(24-16)10-11-21-25)22-14-6-8-15(9-7-14)23-19(26)27-20(3,4)5/h10-15,22H,6-9H2,1-5H3,(H,23,26)/t14-,15-. The summed E-state index contributed by atoms with van der Waals surface area (Å²) in [5.41, 5.74) is 1.46. The van der Waals surface area contributed by atoms with Gasteiger partial charge in [-0.2, -0.15) is 9.61 Å². The maximum absolute atomic E-state index is 12.0. The first-order valence-corrected chi connectivity index (χ1v) is 9.82. The summed E-state index contributed by atoms with van der Waals surface area (Å²) in [5.74, 6) is 1.34. The zero-order chi connectivity index (χ0) is 19.6. The van der Waals surface area contributed by atoms with E-state index in [9.17, 15) is 4.79 Å². The van der Waals surface area contributed by atoms with Crippen molar-refractivity contribution in [2.24, 2.45) is 0 Å². The second-order valence-corrected chi connectivity index (χ2v) is 8.66. The van der Waals surface area contributed by atoms with Gasteiger partial charge in [0.05, 0.1) is 6.20 Å². The first-order chi connectivity index (χ1) is 12.7. The van der Waals surface area contributed by atoms with Crippen molar-refractivity contribution in [1.82, 2.24) is 19.9 Å². The summed E-state index contributed by atoms with van der Waals surface area (Å²) < 4.78 is 7.21. The van der Waals surface area contributed by atoms with Crippen LogP contribution in [-0.2, 0) is 4.74 Å². The molecule has 0 aromatic carbocycles. The molecule has 0 radical (unpaired) electrons. The van der Waals surface area contributed by atoms with E-state index in [0.29, 0.717) is 12.0 Å². The Labute approximate surface area is 160 Å². The Morgan fingerprint density at radius 1 is 1.22 bits per heavy atom. The predicted molar refractivity (Wildman–Crippen MR) is 106 cm³/mol. The van der Waals surface area contributed by atoms with Crippen LogP contribution in [0.1, 0.15) is 71.9 Å². The molecule has 0 unspecified atom stereocenters. The molecule has 7 heteroatoms. The second-order valence-electron chi connectivity index (χ2n) is 8.66. The minimum absolute atomic E-state index is 0.172. The Kier molecular flexibility index (Phi) is 5.58. The molecular formula is C20H31N5O2.